The van der Waals surface area contributed by atoms with Crippen molar-refractivity contribution >= 4 is 18.0 Å². The van der Waals surface area contributed by atoms with Crippen molar-refractivity contribution in [2.45, 2.75) is 0 Å². The number of hydrogen-bond donors (Lipinski definition) is 3. The quantitative estimate of drug-likeness (QED) is 0.500. The van der Waals surface area contributed by atoms with Gasteiger partial charge in [-0.25, -0.2) is 4.79 Å². The van der Waals surface area contributed by atoms with Crippen LogP contribution in [0.15, 0.2) is 0 Å². The van der Waals surface area contributed by atoms with Gasteiger partial charge in [0.15, 0.2) is 0 Å². The molecule has 0 saturated carbocycles. The average Bonchev–Trinajstić information content (AvgIpc) is 2.03. The van der Waals surface area contributed by atoms with Gasteiger partial charge in [0.05, 0.1) is 20.2 Å². The van der Waals surface area contributed by atoms with E-state index in [-0.39, 0.29) is 13.1 Å². The van der Waals surface area contributed by atoms with Crippen LogP contribution in [0.5, 0.6) is 0 Å². The minimum Gasteiger partial charge on any atom is -0.480 e. The second-order valence-corrected chi connectivity index (χ2v) is 2.04. The smallest absolute Gasteiger partial charge is 0.413 e. The Labute approximate surface area is 74.1 Å². The highest BCUT2D eigenvalue weighted by Gasteiger charge is 2.06. The zero-order valence-electron chi connectivity index (χ0n) is 6.99. The van der Waals surface area contributed by atoms with E-state index in [9.17, 15) is 14.4 Å². The Balaban J connectivity index is 3.52. The maximum atomic E-state index is 10.7. The molecule has 0 atom stereocenters. The van der Waals surface area contributed by atoms with Gasteiger partial charge in [0.2, 0.25) is 5.91 Å². The number of alkyl carbamates (subject to hydrolysis) is 1. The van der Waals surface area contributed by atoms with Crippen LogP contribution in [0, 0.1) is 0 Å². The summed E-state index contributed by atoms with van der Waals surface area (Å²) >= 11 is 0. The van der Waals surface area contributed by atoms with Crippen LogP contribution in [0.4, 0.5) is 4.79 Å². The van der Waals surface area contributed by atoms with Crippen molar-refractivity contribution in [2.24, 2.45) is 0 Å². The molecule has 0 heterocycles. The Morgan fingerprint density at radius 3 is 2.38 bits per heavy atom. The molecule has 0 aromatic heterocycles. The molecule has 0 aromatic rings. The lowest BCUT2D eigenvalue weighted by atomic mass is 10.5. The maximum absolute atomic E-state index is 10.7. The molecule has 0 unspecified atom stereocenters. The van der Waals surface area contributed by atoms with Crippen LogP contribution < -0.4 is 10.6 Å². The standard InChI is InChI=1S/C6H10N2O5/c1-13-6(12)8-4(9)2-7-3-5(10)11/h7H,2-3H2,1H3,(H,10,11)(H,8,9,12). The molecule has 7 nitrogen and oxygen atoms in total. The lowest BCUT2D eigenvalue weighted by molar-refractivity contribution is -0.135. The number of aliphatic carboxylic acids is 1. The number of methoxy groups -OCH3 is 1. The largest absolute Gasteiger partial charge is 0.480 e. The second kappa shape index (κ2) is 5.95. The number of ether oxygens (including phenoxy) is 1. The highest BCUT2D eigenvalue weighted by atomic mass is 16.5. The van der Waals surface area contributed by atoms with Gasteiger partial charge in [0.25, 0.3) is 0 Å². The van der Waals surface area contributed by atoms with Crippen molar-refractivity contribution < 1.29 is 24.2 Å². The molecule has 0 radical (unpaired) electrons. The predicted octanol–water partition coefficient (Wildman–Crippen LogP) is -1.46. The van der Waals surface area contributed by atoms with Crippen LogP contribution in [-0.2, 0) is 14.3 Å². The Morgan fingerprint density at radius 1 is 1.31 bits per heavy atom. The molecule has 13 heavy (non-hydrogen) atoms. The monoisotopic (exact) mass is 190 g/mol. The van der Waals surface area contributed by atoms with Crippen LogP contribution in [0.2, 0.25) is 0 Å². The van der Waals surface area contributed by atoms with Gasteiger partial charge in [-0.15, -0.1) is 0 Å². The first-order chi connectivity index (χ1) is 6.06. The van der Waals surface area contributed by atoms with E-state index in [1.807, 2.05) is 5.32 Å². The lowest BCUT2D eigenvalue weighted by Crippen LogP contribution is -2.39. The van der Waals surface area contributed by atoms with Crippen molar-refractivity contribution in [1.29, 1.82) is 0 Å². The summed E-state index contributed by atoms with van der Waals surface area (Å²) in [5, 5.41) is 12.3. The van der Waals surface area contributed by atoms with Gasteiger partial charge >= 0.3 is 12.1 Å². The van der Waals surface area contributed by atoms with Crippen molar-refractivity contribution in [2.75, 3.05) is 20.2 Å². The van der Waals surface area contributed by atoms with Gasteiger partial charge in [-0.2, -0.15) is 0 Å². The molecule has 0 bridgehead atoms. The minimum atomic E-state index is -1.08. The third-order valence-corrected chi connectivity index (χ3v) is 0.989. The number of rotatable bonds is 4. The summed E-state index contributed by atoms with van der Waals surface area (Å²) in [5.41, 5.74) is 0. The normalized spacial score (nSPS) is 9.00. The fourth-order valence-electron chi connectivity index (χ4n) is 0.492. The Hall–Kier alpha value is -1.63. The van der Waals surface area contributed by atoms with E-state index in [0.717, 1.165) is 7.11 Å². The Bertz CT molecular complexity index is 215. The van der Waals surface area contributed by atoms with E-state index in [1.165, 1.54) is 0 Å². The number of carbonyl (C=O) groups is 3. The van der Waals surface area contributed by atoms with Gasteiger partial charge in [-0.05, 0) is 0 Å². The molecule has 0 spiro atoms. The number of amides is 2. The zero-order valence-corrected chi connectivity index (χ0v) is 6.99. The van der Waals surface area contributed by atoms with Crippen LogP contribution in [0.1, 0.15) is 0 Å². The number of carbonyl (C=O) groups excluding carboxylic acids is 2. The van der Waals surface area contributed by atoms with E-state index >= 15 is 0 Å². The predicted molar refractivity (Wildman–Crippen MR) is 41.1 cm³/mol. The molecular formula is C6H10N2O5. The summed E-state index contributed by atoms with van der Waals surface area (Å²) in [4.78, 5) is 31.1. The summed E-state index contributed by atoms with van der Waals surface area (Å²) in [6.07, 6.45) is -0.873. The molecule has 3 N–H and O–H groups in total. The van der Waals surface area contributed by atoms with Crippen LogP contribution >= 0.6 is 0 Å². The molecule has 0 aliphatic rings. The fourth-order valence-corrected chi connectivity index (χ4v) is 0.492. The van der Waals surface area contributed by atoms with E-state index in [4.69, 9.17) is 5.11 Å². The second-order valence-electron chi connectivity index (χ2n) is 2.04. The van der Waals surface area contributed by atoms with Gasteiger partial charge in [-0.1, -0.05) is 0 Å². The highest BCUT2D eigenvalue weighted by molar-refractivity contribution is 5.92. The van der Waals surface area contributed by atoms with Gasteiger partial charge in [0, 0.05) is 0 Å². The molecular weight excluding hydrogens is 180 g/mol. The molecule has 0 aliphatic heterocycles. The molecule has 0 saturated heterocycles. The summed E-state index contributed by atoms with van der Waals surface area (Å²) in [6.45, 7) is -0.587. The number of nitrogens with one attached hydrogen (secondary N) is 2. The minimum absolute atomic E-state index is 0.249. The van der Waals surface area contributed by atoms with E-state index in [2.05, 4.69) is 10.1 Å². The van der Waals surface area contributed by atoms with Crippen molar-refractivity contribution in [1.82, 2.24) is 10.6 Å². The van der Waals surface area contributed by atoms with Crippen molar-refractivity contribution in [3.8, 4) is 0 Å². The Kier molecular flexibility index (Phi) is 5.20. The zero-order chi connectivity index (χ0) is 10.3. The maximum Gasteiger partial charge on any atom is 0.413 e. The number of hydrogen-bond acceptors (Lipinski definition) is 5. The Morgan fingerprint density at radius 2 is 1.92 bits per heavy atom. The first kappa shape index (κ1) is 11.4. The summed E-state index contributed by atoms with van der Waals surface area (Å²) in [6, 6.07) is 0. The first-order valence-corrected chi connectivity index (χ1v) is 3.36. The number of carboxylic acid groups (broad SMARTS) is 1. The molecule has 7 heteroatoms. The number of imide groups is 1. The SMILES string of the molecule is COC(=O)NC(=O)CNCC(=O)O. The fraction of sp³-hybridized carbons (Fsp3) is 0.500. The third kappa shape index (κ3) is 6.76. The molecule has 0 fully saturated rings. The van der Waals surface area contributed by atoms with Crippen LogP contribution in [-0.4, -0.2) is 43.3 Å². The number of carboxylic acids is 1. The van der Waals surface area contributed by atoms with Crippen molar-refractivity contribution in [3.05, 3.63) is 0 Å². The first-order valence-electron chi connectivity index (χ1n) is 3.36. The lowest BCUT2D eigenvalue weighted by Gasteiger charge is -2.02. The van der Waals surface area contributed by atoms with E-state index in [1.54, 1.807) is 0 Å². The van der Waals surface area contributed by atoms with Gasteiger partial charge in [-0.3, -0.25) is 20.2 Å². The van der Waals surface area contributed by atoms with Crippen molar-refractivity contribution in [3.63, 3.8) is 0 Å². The van der Waals surface area contributed by atoms with Crippen LogP contribution in [0.25, 0.3) is 0 Å². The molecule has 74 valence electrons. The highest BCUT2D eigenvalue weighted by Crippen LogP contribution is 1.71. The van der Waals surface area contributed by atoms with Gasteiger partial charge < -0.3 is 9.84 Å². The molecule has 0 aliphatic carbocycles. The van der Waals surface area contributed by atoms with E-state index in [0.29, 0.717) is 0 Å². The van der Waals surface area contributed by atoms with Crippen LogP contribution in [0.3, 0.4) is 0 Å². The third-order valence-electron chi connectivity index (χ3n) is 0.989. The average molecular weight is 190 g/mol. The summed E-state index contributed by atoms with van der Waals surface area (Å²) < 4.78 is 4.13. The van der Waals surface area contributed by atoms with Gasteiger partial charge in [0.1, 0.15) is 0 Å². The molecule has 0 rings (SSSR count). The summed E-state index contributed by atoms with van der Waals surface area (Å²) in [7, 11) is 1.12. The topological polar surface area (TPSA) is 105 Å². The van der Waals surface area contributed by atoms with E-state index < -0.39 is 18.0 Å². The molecule has 0 aromatic carbocycles. The summed E-state index contributed by atoms with van der Waals surface area (Å²) in [5.74, 6) is -1.72. The molecule has 2 amide bonds.